The van der Waals surface area contributed by atoms with Gasteiger partial charge in [-0.2, -0.15) is 0 Å². The first kappa shape index (κ1) is 19.0. The molecule has 152 valence electrons. The molecule has 6 nitrogen and oxygen atoms in total. The molecule has 2 aromatic heterocycles. The van der Waals surface area contributed by atoms with Gasteiger partial charge >= 0.3 is 5.97 Å². The van der Waals surface area contributed by atoms with Crippen LogP contribution in [-0.2, 0) is 4.74 Å². The Morgan fingerprint density at radius 2 is 2.10 bits per heavy atom. The van der Waals surface area contributed by atoms with Crippen LogP contribution in [0.3, 0.4) is 0 Å². The van der Waals surface area contributed by atoms with E-state index >= 15 is 0 Å². The molecule has 0 unspecified atom stereocenters. The fraction of sp³-hybridized carbons (Fsp3) is 0.190. The summed E-state index contributed by atoms with van der Waals surface area (Å²) in [6, 6.07) is 11.6. The average molecular weight is 444 g/mol. The standard InChI is InChI=1S/C21H15ClFN3O3S/c1-11-18(19(25-29-11)14-4-2-3-5-15(14)22)20(27)28-13-9-26(10-13)21-24-16-7-6-12(23)8-17(16)30-21/h2-8,13H,9-10H2,1H3. The summed E-state index contributed by atoms with van der Waals surface area (Å²) in [5.41, 5.74) is 2.01. The number of hydrogen-bond donors (Lipinski definition) is 0. The third-order valence-corrected chi connectivity index (χ3v) is 6.34. The number of aryl methyl sites for hydroxylation is 1. The molecular formula is C21H15ClFN3O3S. The maximum Gasteiger partial charge on any atom is 0.344 e. The quantitative estimate of drug-likeness (QED) is 0.409. The monoisotopic (exact) mass is 443 g/mol. The van der Waals surface area contributed by atoms with Gasteiger partial charge in [0.1, 0.15) is 28.9 Å². The third kappa shape index (κ3) is 3.32. The topological polar surface area (TPSA) is 68.5 Å². The van der Waals surface area contributed by atoms with E-state index in [4.69, 9.17) is 20.9 Å². The van der Waals surface area contributed by atoms with Crippen molar-refractivity contribution in [3.05, 3.63) is 64.6 Å². The van der Waals surface area contributed by atoms with E-state index in [1.54, 1.807) is 31.2 Å². The summed E-state index contributed by atoms with van der Waals surface area (Å²) in [6.07, 6.45) is -0.283. The molecule has 2 aromatic carbocycles. The van der Waals surface area contributed by atoms with Crippen LogP contribution < -0.4 is 4.90 Å². The van der Waals surface area contributed by atoms with Crippen molar-refractivity contribution in [2.45, 2.75) is 13.0 Å². The Morgan fingerprint density at radius 1 is 1.30 bits per heavy atom. The highest BCUT2D eigenvalue weighted by Gasteiger charge is 2.34. The number of esters is 1. The molecule has 1 aliphatic rings. The summed E-state index contributed by atoms with van der Waals surface area (Å²) in [7, 11) is 0. The van der Waals surface area contributed by atoms with Crippen molar-refractivity contribution in [3.8, 4) is 11.3 Å². The minimum absolute atomic E-state index is 0.275. The molecule has 1 fully saturated rings. The fourth-order valence-corrected chi connectivity index (χ4v) is 4.58. The summed E-state index contributed by atoms with van der Waals surface area (Å²) in [4.78, 5) is 19.3. The van der Waals surface area contributed by atoms with Gasteiger partial charge in [-0.25, -0.2) is 14.2 Å². The predicted octanol–water partition coefficient (Wildman–Crippen LogP) is 5.10. The van der Waals surface area contributed by atoms with Crippen molar-refractivity contribution in [3.63, 3.8) is 0 Å². The minimum Gasteiger partial charge on any atom is -0.455 e. The van der Waals surface area contributed by atoms with Gasteiger partial charge in [0.05, 0.1) is 28.3 Å². The summed E-state index contributed by atoms with van der Waals surface area (Å²) >= 11 is 7.66. The molecule has 0 bridgehead atoms. The molecule has 0 radical (unpaired) electrons. The second-order valence-corrected chi connectivity index (χ2v) is 8.40. The van der Waals surface area contributed by atoms with Crippen LogP contribution in [-0.4, -0.2) is 35.3 Å². The van der Waals surface area contributed by atoms with Gasteiger partial charge in [0, 0.05) is 5.56 Å². The molecule has 0 saturated carbocycles. The van der Waals surface area contributed by atoms with E-state index < -0.39 is 5.97 Å². The molecule has 0 aliphatic carbocycles. The molecule has 0 N–H and O–H groups in total. The number of thiazole rings is 1. The van der Waals surface area contributed by atoms with Crippen LogP contribution in [0, 0.1) is 12.7 Å². The molecule has 3 heterocycles. The van der Waals surface area contributed by atoms with Gasteiger partial charge in [-0.3, -0.25) is 0 Å². The Kier molecular flexibility index (Phi) is 4.67. The number of aromatic nitrogens is 2. The third-order valence-electron chi connectivity index (χ3n) is 4.93. The molecule has 0 amide bonds. The van der Waals surface area contributed by atoms with E-state index in [0.29, 0.717) is 35.1 Å². The van der Waals surface area contributed by atoms with Gasteiger partial charge < -0.3 is 14.2 Å². The van der Waals surface area contributed by atoms with E-state index in [1.165, 1.54) is 23.5 Å². The number of hydrogen-bond acceptors (Lipinski definition) is 7. The second-order valence-electron chi connectivity index (χ2n) is 6.98. The van der Waals surface area contributed by atoms with Crippen LogP contribution >= 0.6 is 22.9 Å². The lowest BCUT2D eigenvalue weighted by molar-refractivity contribution is 0.0233. The van der Waals surface area contributed by atoms with Crippen molar-refractivity contribution >= 4 is 44.3 Å². The molecule has 9 heteroatoms. The molecule has 1 saturated heterocycles. The van der Waals surface area contributed by atoms with Crippen molar-refractivity contribution in [2.24, 2.45) is 0 Å². The van der Waals surface area contributed by atoms with Gasteiger partial charge in [-0.05, 0) is 31.2 Å². The van der Waals surface area contributed by atoms with Crippen molar-refractivity contribution in [2.75, 3.05) is 18.0 Å². The summed E-state index contributed by atoms with van der Waals surface area (Å²) < 4.78 is 25.1. The van der Waals surface area contributed by atoms with Crippen LogP contribution in [0.25, 0.3) is 21.5 Å². The van der Waals surface area contributed by atoms with Crippen molar-refractivity contribution < 1.29 is 18.4 Å². The molecule has 5 rings (SSSR count). The largest absolute Gasteiger partial charge is 0.455 e. The normalized spacial score (nSPS) is 14.2. The Morgan fingerprint density at radius 3 is 2.90 bits per heavy atom. The number of benzene rings is 2. The zero-order chi connectivity index (χ0) is 20.8. The lowest BCUT2D eigenvalue weighted by Crippen LogP contribution is -2.53. The first-order chi connectivity index (χ1) is 14.5. The number of anilines is 1. The van der Waals surface area contributed by atoms with Gasteiger partial charge in [0.25, 0.3) is 0 Å². The van der Waals surface area contributed by atoms with Crippen LogP contribution in [0.15, 0.2) is 47.0 Å². The first-order valence-electron chi connectivity index (χ1n) is 9.23. The number of carbonyl (C=O) groups excluding carboxylic acids is 1. The summed E-state index contributed by atoms with van der Waals surface area (Å²) in [6.45, 7) is 2.69. The van der Waals surface area contributed by atoms with E-state index in [2.05, 4.69) is 10.1 Å². The lowest BCUT2D eigenvalue weighted by Gasteiger charge is -2.38. The highest BCUT2D eigenvalue weighted by Crippen LogP contribution is 2.34. The maximum absolute atomic E-state index is 13.4. The molecule has 0 atom stereocenters. The smallest absolute Gasteiger partial charge is 0.344 e. The maximum atomic E-state index is 13.4. The number of carbonyl (C=O) groups is 1. The second kappa shape index (κ2) is 7.37. The zero-order valence-corrected chi connectivity index (χ0v) is 17.3. The van der Waals surface area contributed by atoms with Crippen LogP contribution in [0.4, 0.5) is 9.52 Å². The molecule has 0 spiro atoms. The van der Waals surface area contributed by atoms with Crippen LogP contribution in [0.2, 0.25) is 5.02 Å². The Balaban J connectivity index is 1.30. The van der Waals surface area contributed by atoms with E-state index in [9.17, 15) is 9.18 Å². The van der Waals surface area contributed by atoms with E-state index in [0.717, 1.165) is 15.3 Å². The van der Waals surface area contributed by atoms with E-state index in [-0.39, 0.29) is 17.5 Å². The number of halogens is 2. The van der Waals surface area contributed by atoms with Gasteiger partial charge in [0.15, 0.2) is 5.13 Å². The molecule has 1 aliphatic heterocycles. The van der Waals surface area contributed by atoms with Gasteiger partial charge in [-0.15, -0.1) is 0 Å². The molecule has 4 aromatic rings. The highest BCUT2D eigenvalue weighted by molar-refractivity contribution is 7.22. The number of fused-ring (bicyclic) bond motifs is 1. The van der Waals surface area contributed by atoms with Crippen LogP contribution in [0.5, 0.6) is 0 Å². The summed E-state index contributed by atoms with van der Waals surface area (Å²) in [5, 5.41) is 5.26. The van der Waals surface area contributed by atoms with Crippen molar-refractivity contribution in [1.29, 1.82) is 0 Å². The SMILES string of the molecule is Cc1onc(-c2ccccc2Cl)c1C(=O)OC1CN(c2nc3ccc(F)cc3s2)C1. The minimum atomic E-state index is -0.500. The average Bonchev–Trinajstić information content (AvgIpc) is 3.27. The Labute approximate surface area is 179 Å². The highest BCUT2D eigenvalue weighted by atomic mass is 35.5. The van der Waals surface area contributed by atoms with Crippen molar-refractivity contribution in [1.82, 2.24) is 10.1 Å². The van der Waals surface area contributed by atoms with Gasteiger partial charge in [-0.1, -0.05) is 46.3 Å². The van der Waals surface area contributed by atoms with Gasteiger partial charge in [0.2, 0.25) is 0 Å². The Hall–Kier alpha value is -2.97. The van der Waals surface area contributed by atoms with E-state index in [1.807, 2.05) is 11.0 Å². The number of rotatable bonds is 4. The Bertz CT molecular complexity index is 1270. The summed E-state index contributed by atoms with van der Waals surface area (Å²) in [5.74, 6) is -0.412. The first-order valence-corrected chi connectivity index (χ1v) is 10.4. The molecule has 30 heavy (non-hydrogen) atoms. The van der Waals surface area contributed by atoms with Crippen LogP contribution in [0.1, 0.15) is 16.1 Å². The lowest BCUT2D eigenvalue weighted by atomic mass is 10.1. The number of nitrogens with zero attached hydrogens (tertiary/aromatic N) is 3. The predicted molar refractivity (Wildman–Crippen MR) is 113 cm³/mol. The zero-order valence-electron chi connectivity index (χ0n) is 15.8. The fourth-order valence-electron chi connectivity index (χ4n) is 3.35. The number of ether oxygens (including phenoxy) is 1. The molecular weight excluding hydrogens is 429 g/mol.